The van der Waals surface area contributed by atoms with Gasteiger partial charge in [-0.15, -0.1) is 0 Å². The van der Waals surface area contributed by atoms with Gasteiger partial charge < -0.3 is 20.9 Å². The Labute approximate surface area is 250 Å². The minimum absolute atomic E-state index is 0.00154. The second kappa shape index (κ2) is 13.1. The molecule has 40 heavy (non-hydrogen) atoms. The van der Waals surface area contributed by atoms with Gasteiger partial charge in [-0.3, -0.25) is 24.2 Å². The number of hydrogen-bond acceptors (Lipinski definition) is 6. The van der Waals surface area contributed by atoms with E-state index in [9.17, 15) is 18.8 Å². The zero-order valence-electron chi connectivity index (χ0n) is 22.1. The molecule has 0 unspecified atom stereocenters. The summed E-state index contributed by atoms with van der Waals surface area (Å²) in [7, 11) is 0. The van der Waals surface area contributed by atoms with Crippen LogP contribution in [0.4, 0.5) is 15.8 Å². The van der Waals surface area contributed by atoms with Crippen molar-refractivity contribution in [3.05, 3.63) is 76.6 Å². The van der Waals surface area contributed by atoms with Gasteiger partial charge in [0, 0.05) is 49.6 Å². The first-order valence-corrected chi connectivity index (χ1v) is 14.5. The number of aromatic amines is 1. The van der Waals surface area contributed by atoms with Gasteiger partial charge in [-0.05, 0) is 56.3 Å². The maximum atomic E-state index is 13.3. The van der Waals surface area contributed by atoms with Crippen LogP contribution in [0.5, 0.6) is 0 Å². The monoisotopic (exact) mass is 681 g/mol. The van der Waals surface area contributed by atoms with Crippen LogP contribution in [0.2, 0.25) is 5.02 Å². The van der Waals surface area contributed by atoms with Crippen LogP contribution in [0, 0.1) is 5.82 Å². The van der Waals surface area contributed by atoms with Gasteiger partial charge >= 0.3 is 0 Å². The molecular formula is C27H30ClFIN7O3. The van der Waals surface area contributed by atoms with Crippen molar-refractivity contribution in [3.8, 4) is 0 Å². The van der Waals surface area contributed by atoms with E-state index in [4.69, 9.17) is 11.6 Å². The van der Waals surface area contributed by atoms with Gasteiger partial charge in [-0.1, -0.05) is 34.2 Å². The Kier molecular flexibility index (Phi) is 9.77. The molecule has 0 radical (unpaired) electrons. The average molecular weight is 682 g/mol. The number of nitrogens with one attached hydrogen (secondary N) is 4. The lowest BCUT2D eigenvalue weighted by Crippen LogP contribution is -2.58. The third-order valence-electron chi connectivity index (χ3n) is 6.74. The first-order valence-electron chi connectivity index (χ1n) is 12.6. The van der Waals surface area contributed by atoms with E-state index in [0.717, 1.165) is 42.9 Å². The van der Waals surface area contributed by atoms with Gasteiger partial charge in [0.1, 0.15) is 11.5 Å². The smallest absolute Gasteiger partial charge is 0.276 e. The number of hydrogen-bond donors (Lipinski definition) is 4. The largest absolute Gasteiger partial charge is 0.349 e. The molecule has 2 heterocycles. The fraction of sp³-hybridized carbons (Fsp3) is 0.333. The zero-order chi connectivity index (χ0) is 28.9. The van der Waals surface area contributed by atoms with E-state index in [-0.39, 0.29) is 27.5 Å². The van der Waals surface area contributed by atoms with Crippen LogP contribution >= 0.6 is 34.2 Å². The predicted octanol–water partition coefficient (Wildman–Crippen LogP) is 4.23. The summed E-state index contributed by atoms with van der Waals surface area (Å²) in [6.07, 6.45) is 1.30. The molecule has 4 N–H and O–H groups in total. The van der Waals surface area contributed by atoms with Gasteiger partial charge in [0.25, 0.3) is 17.7 Å². The summed E-state index contributed by atoms with van der Waals surface area (Å²) in [6.45, 7) is 8.41. The number of benzene rings is 2. The van der Waals surface area contributed by atoms with E-state index in [1.54, 1.807) is 24.3 Å². The highest BCUT2D eigenvalue weighted by Gasteiger charge is 2.31. The summed E-state index contributed by atoms with van der Waals surface area (Å²) in [5.74, 6) is -2.02. The molecule has 1 aliphatic rings. The lowest BCUT2D eigenvalue weighted by molar-refractivity contribution is 0.0577. The number of imidazole rings is 1. The van der Waals surface area contributed by atoms with Crippen molar-refractivity contribution in [2.24, 2.45) is 0 Å². The molecule has 2 aromatic carbocycles. The Hall–Kier alpha value is -3.07. The number of rotatable bonds is 9. The second-order valence-electron chi connectivity index (χ2n) is 9.96. The maximum Gasteiger partial charge on any atom is 0.276 e. The summed E-state index contributed by atoms with van der Waals surface area (Å²) in [5, 5.41) is 8.32. The van der Waals surface area contributed by atoms with Crippen molar-refractivity contribution in [2.45, 2.75) is 19.4 Å². The quantitative estimate of drug-likeness (QED) is 0.153. The molecule has 0 aliphatic carbocycles. The number of aromatic nitrogens is 2. The normalized spacial score (nSPS) is 14.5. The van der Waals surface area contributed by atoms with Gasteiger partial charge in [0.05, 0.1) is 21.5 Å². The number of anilines is 2. The van der Waals surface area contributed by atoms with Crippen LogP contribution < -0.4 is 16.0 Å². The number of nitrogens with zero attached hydrogens (tertiary/aromatic N) is 3. The minimum atomic E-state index is -0.560. The third kappa shape index (κ3) is 7.36. The first kappa shape index (κ1) is 29.9. The van der Waals surface area contributed by atoms with Crippen LogP contribution in [0.1, 0.15) is 45.2 Å². The van der Waals surface area contributed by atoms with Crippen LogP contribution in [0.3, 0.4) is 0 Å². The number of carbonyl (C=O) groups excluding carboxylic acids is 3. The van der Waals surface area contributed by atoms with Gasteiger partial charge in [-0.2, -0.15) is 0 Å². The second-order valence-corrected chi connectivity index (χ2v) is 11.0. The number of H-pyrrole nitrogens is 1. The van der Waals surface area contributed by atoms with Crippen molar-refractivity contribution >= 4 is 63.3 Å². The van der Waals surface area contributed by atoms with E-state index >= 15 is 0 Å². The van der Waals surface area contributed by atoms with E-state index in [1.165, 1.54) is 12.4 Å². The molecule has 13 heteroatoms. The van der Waals surface area contributed by atoms with E-state index in [1.807, 2.05) is 0 Å². The van der Waals surface area contributed by atoms with Gasteiger partial charge in [0.15, 0.2) is 5.69 Å². The Bertz CT molecular complexity index is 1370. The summed E-state index contributed by atoms with van der Waals surface area (Å²) >= 11 is 8.32. The zero-order valence-corrected chi connectivity index (χ0v) is 25.0. The molecule has 1 fully saturated rings. The molecular weight excluding hydrogens is 652 g/mol. The highest BCUT2D eigenvalue weighted by molar-refractivity contribution is 14.1. The summed E-state index contributed by atoms with van der Waals surface area (Å²) in [4.78, 5) is 49.9. The fourth-order valence-corrected chi connectivity index (χ4v) is 5.24. The molecule has 0 bridgehead atoms. The molecule has 212 valence electrons. The maximum absolute atomic E-state index is 13.3. The molecule has 3 amide bonds. The highest BCUT2D eigenvalue weighted by atomic mass is 127. The molecule has 3 aromatic rings. The van der Waals surface area contributed by atoms with Crippen molar-refractivity contribution in [1.29, 1.82) is 0 Å². The Morgan fingerprint density at radius 3 is 2.23 bits per heavy atom. The topological polar surface area (TPSA) is 122 Å². The molecule has 0 saturated carbocycles. The lowest BCUT2D eigenvalue weighted by atomic mass is 10.0. The Morgan fingerprint density at radius 1 is 1.00 bits per heavy atom. The Morgan fingerprint density at radius 2 is 1.62 bits per heavy atom. The molecule has 1 saturated heterocycles. The number of amides is 3. The number of piperazine rings is 1. The van der Waals surface area contributed by atoms with Crippen LogP contribution in [-0.4, -0.2) is 80.3 Å². The first-order chi connectivity index (χ1) is 19.1. The van der Waals surface area contributed by atoms with Gasteiger partial charge in [-0.25, -0.2) is 9.37 Å². The van der Waals surface area contributed by atoms with Gasteiger partial charge in [0.2, 0.25) is 0 Å². The van der Waals surface area contributed by atoms with Crippen LogP contribution in [-0.2, 0) is 0 Å². The number of carbonyl (C=O) groups is 3. The van der Waals surface area contributed by atoms with Crippen molar-refractivity contribution in [1.82, 2.24) is 25.1 Å². The summed E-state index contributed by atoms with van der Waals surface area (Å²) in [6, 6.07) is 9.87. The highest BCUT2D eigenvalue weighted by Crippen LogP contribution is 2.21. The molecule has 1 aliphatic heterocycles. The van der Waals surface area contributed by atoms with Crippen molar-refractivity contribution < 1.29 is 18.8 Å². The molecule has 10 nitrogen and oxygen atoms in total. The number of alkyl halides is 1. The van der Waals surface area contributed by atoms with E-state index in [2.05, 4.69) is 72.2 Å². The summed E-state index contributed by atoms with van der Waals surface area (Å²) < 4.78 is 14.3. The van der Waals surface area contributed by atoms with Crippen molar-refractivity contribution in [3.63, 3.8) is 0 Å². The predicted molar refractivity (Wildman–Crippen MR) is 161 cm³/mol. The lowest BCUT2D eigenvalue weighted by Gasteiger charge is -2.43. The standard InChI is InChI=1S/C27H30ClFIN7O3/c1-27(2,37-11-9-36(15-30)10-12-37)14-31-25(39)22-23(33-16-32-22)26(40)35-19-6-4-18(5-7-19)34-24(38)20-8-3-17(29)13-21(20)28/h3-8,13,16H,9-12,14-15H2,1-2H3,(H,31,39)(H,32,33)(H,34,38)(H,35,40). The van der Waals surface area contributed by atoms with E-state index < -0.39 is 23.5 Å². The molecule has 0 spiro atoms. The summed E-state index contributed by atoms with van der Waals surface area (Å²) in [5.41, 5.74) is 0.795. The van der Waals surface area contributed by atoms with E-state index in [0.29, 0.717) is 17.9 Å². The Balaban J connectivity index is 1.33. The van der Waals surface area contributed by atoms with Crippen LogP contribution in [0.25, 0.3) is 0 Å². The third-order valence-corrected chi connectivity index (χ3v) is 8.01. The fourth-order valence-electron chi connectivity index (χ4n) is 4.31. The molecule has 4 rings (SSSR count). The molecule has 0 atom stereocenters. The SMILES string of the molecule is CC(C)(CNC(=O)c1[nH]cnc1C(=O)Nc1ccc(NC(=O)c2ccc(F)cc2Cl)cc1)N1CCN(CI)CC1. The van der Waals surface area contributed by atoms with Crippen molar-refractivity contribution in [2.75, 3.05) is 47.9 Å². The number of halogens is 3. The average Bonchev–Trinajstić information content (AvgIpc) is 3.43. The van der Waals surface area contributed by atoms with Crippen LogP contribution in [0.15, 0.2) is 48.8 Å². The minimum Gasteiger partial charge on any atom is -0.349 e. The molecule has 1 aromatic heterocycles.